The number of urea groups is 1. The fourth-order valence-electron chi connectivity index (χ4n) is 1.63. The van der Waals surface area contributed by atoms with Gasteiger partial charge in [0.1, 0.15) is 0 Å². The van der Waals surface area contributed by atoms with E-state index in [1.165, 1.54) is 0 Å². The van der Waals surface area contributed by atoms with Crippen LogP contribution >= 0.6 is 0 Å². The Morgan fingerprint density at radius 1 is 1.38 bits per heavy atom. The van der Waals surface area contributed by atoms with E-state index in [9.17, 15) is 9.59 Å². The van der Waals surface area contributed by atoms with Gasteiger partial charge in [0.25, 0.3) is 0 Å². The molecule has 0 unspecified atom stereocenters. The number of amides is 2. The minimum absolute atomic E-state index is 0.0666. The standard InChI is InChI=1S/C10H18N2O4/c13-7-6-12(8-2-1-3-8)10(16)11-5-4-9(14)15/h8,13H,1-7H2,(H,11,16)(H,14,15). The highest BCUT2D eigenvalue weighted by Gasteiger charge is 2.27. The number of nitrogens with zero attached hydrogens (tertiary/aromatic N) is 1. The van der Waals surface area contributed by atoms with Crippen molar-refractivity contribution < 1.29 is 19.8 Å². The molecular weight excluding hydrogens is 212 g/mol. The molecule has 92 valence electrons. The van der Waals surface area contributed by atoms with Crippen molar-refractivity contribution in [3.05, 3.63) is 0 Å². The molecule has 1 aliphatic carbocycles. The third-order valence-corrected chi connectivity index (χ3v) is 2.73. The molecule has 3 N–H and O–H groups in total. The number of aliphatic carboxylic acids is 1. The second-order valence-electron chi connectivity index (χ2n) is 3.88. The molecule has 0 aliphatic heterocycles. The summed E-state index contributed by atoms with van der Waals surface area (Å²) in [6, 6.07) is -0.0722. The fraction of sp³-hybridized carbons (Fsp3) is 0.800. The van der Waals surface area contributed by atoms with Crippen molar-refractivity contribution in [3.8, 4) is 0 Å². The van der Waals surface area contributed by atoms with Crippen molar-refractivity contribution in [1.82, 2.24) is 10.2 Å². The first kappa shape index (κ1) is 12.8. The molecule has 1 aliphatic rings. The van der Waals surface area contributed by atoms with Crippen molar-refractivity contribution in [2.45, 2.75) is 31.7 Å². The van der Waals surface area contributed by atoms with E-state index in [0.29, 0.717) is 6.54 Å². The first-order valence-electron chi connectivity index (χ1n) is 5.52. The molecule has 2 amide bonds. The lowest BCUT2D eigenvalue weighted by atomic mass is 9.92. The van der Waals surface area contributed by atoms with Crippen LogP contribution < -0.4 is 5.32 Å². The summed E-state index contributed by atoms with van der Waals surface area (Å²) >= 11 is 0. The van der Waals surface area contributed by atoms with Crippen LogP contribution in [0.2, 0.25) is 0 Å². The second-order valence-corrected chi connectivity index (χ2v) is 3.88. The molecule has 16 heavy (non-hydrogen) atoms. The smallest absolute Gasteiger partial charge is 0.317 e. The molecule has 0 saturated heterocycles. The summed E-state index contributed by atoms with van der Waals surface area (Å²) in [6.45, 7) is 0.370. The summed E-state index contributed by atoms with van der Waals surface area (Å²) in [5.41, 5.74) is 0. The maximum atomic E-state index is 11.7. The Labute approximate surface area is 94.2 Å². The highest BCUT2D eigenvalue weighted by atomic mass is 16.4. The van der Waals surface area contributed by atoms with Crippen LogP contribution in [0.5, 0.6) is 0 Å². The molecule has 1 fully saturated rings. The molecule has 0 heterocycles. The van der Waals surface area contributed by atoms with Crippen molar-refractivity contribution >= 4 is 12.0 Å². The third-order valence-electron chi connectivity index (χ3n) is 2.73. The summed E-state index contributed by atoms with van der Waals surface area (Å²) in [6.07, 6.45) is 2.96. The van der Waals surface area contributed by atoms with Crippen molar-refractivity contribution in [1.29, 1.82) is 0 Å². The molecular formula is C10H18N2O4. The number of hydrogen-bond donors (Lipinski definition) is 3. The van der Waals surface area contributed by atoms with E-state index in [1.54, 1.807) is 4.90 Å². The monoisotopic (exact) mass is 230 g/mol. The minimum Gasteiger partial charge on any atom is -0.481 e. The number of nitrogens with one attached hydrogen (secondary N) is 1. The number of carboxylic acids is 1. The van der Waals surface area contributed by atoms with Crippen LogP contribution in [0.1, 0.15) is 25.7 Å². The first-order chi connectivity index (χ1) is 7.65. The van der Waals surface area contributed by atoms with Gasteiger partial charge in [-0.1, -0.05) is 0 Å². The van der Waals surface area contributed by atoms with E-state index in [0.717, 1.165) is 19.3 Å². The van der Waals surface area contributed by atoms with Gasteiger partial charge in [-0.2, -0.15) is 0 Å². The van der Waals surface area contributed by atoms with Crippen LogP contribution in [0.4, 0.5) is 4.79 Å². The molecule has 0 spiro atoms. The van der Waals surface area contributed by atoms with Gasteiger partial charge < -0.3 is 20.4 Å². The largest absolute Gasteiger partial charge is 0.481 e. The van der Waals surface area contributed by atoms with Gasteiger partial charge in [0.2, 0.25) is 0 Å². The van der Waals surface area contributed by atoms with Gasteiger partial charge in [-0.3, -0.25) is 4.79 Å². The Balaban J connectivity index is 2.31. The molecule has 0 radical (unpaired) electrons. The number of carbonyl (C=O) groups excluding carboxylic acids is 1. The Morgan fingerprint density at radius 3 is 2.50 bits per heavy atom. The fourth-order valence-corrected chi connectivity index (χ4v) is 1.63. The summed E-state index contributed by atoms with van der Waals surface area (Å²) in [7, 11) is 0. The average Bonchev–Trinajstić information content (AvgIpc) is 2.13. The zero-order valence-corrected chi connectivity index (χ0v) is 9.19. The molecule has 0 bridgehead atoms. The Bertz CT molecular complexity index is 253. The van der Waals surface area contributed by atoms with Crippen molar-refractivity contribution in [2.75, 3.05) is 19.7 Å². The van der Waals surface area contributed by atoms with Gasteiger partial charge in [0, 0.05) is 19.1 Å². The molecule has 0 aromatic carbocycles. The molecule has 0 atom stereocenters. The van der Waals surface area contributed by atoms with Gasteiger partial charge in [-0.05, 0) is 19.3 Å². The summed E-state index contributed by atoms with van der Waals surface area (Å²) in [5, 5.41) is 19.8. The molecule has 0 aromatic rings. The number of hydrogen-bond acceptors (Lipinski definition) is 3. The van der Waals surface area contributed by atoms with E-state index in [1.807, 2.05) is 0 Å². The quantitative estimate of drug-likeness (QED) is 0.600. The maximum Gasteiger partial charge on any atom is 0.317 e. The van der Waals surface area contributed by atoms with Crippen LogP contribution in [0.15, 0.2) is 0 Å². The predicted molar refractivity (Wildman–Crippen MR) is 57.1 cm³/mol. The van der Waals surface area contributed by atoms with Crippen LogP contribution in [-0.2, 0) is 4.79 Å². The van der Waals surface area contributed by atoms with Crippen LogP contribution in [0.25, 0.3) is 0 Å². The lowest BCUT2D eigenvalue weighted by Gasteiger charge is -2.37. The number of rotatable bonds is 6. The molecule has 0 aromatic heterocycles. The number of aliphatic hydroxyl groups excluding tert-OH is 1. The summed E-state index contributed by atoms with van der Waals surface area (Å²) < 4.78 is 0. The van der Waals surface area contributed by atoms with Crippen LogP contribution in [-0.4, -0.2) is 52.9 Å². The van der Waals surface area contributed by atoms with Crippen molar-refractivity contribution in [2.24, 2.45) is 0 Å². The SMILES string of the molecule is O=C(O)CCNC(=O)N(CCO)C1CCC1. The van der Waals surface area contributed by atoms with Gasteiger partial charge in [0.15, 0.2) is 0 Å². The van der Waals surface area contributed by atoms with Gasteiger partial charge >= 0.3 is 12.0 Å². The molecule has 6 nitrogen and oxygen atoms in total. The molecule has 6 heteroatoms. The van der Waals surface area contributed by atoms with Crippen molar-refractivity contribution in [3.63, 3.8) is 0 Å². The Morgan fingerprint density at radius 2 is 2.06 bits per heavy atom. The molecule has 1 rings (SSSR count). The first-order valence-corrected chi connectivity index (χ1v) is 5.52. The number of aliphatic hydroxyl groups is 1. The van der Waals surface area contributed by atoms with Gasteiger partial charge in [-0.15, -0.1) is 0 Å². The highest BCUT2D eigenvalue weighted by molar-refractivity contribution is 5.75. The summed E-state index contributed by atoms with van der Waals surface area (Å²) in [5.74, 6) is -0.933. The minimum atomic E-state index is -0.933. The van der Waals surface area contributed by atoms with E-state index < -0.39 is 5.97 Å². The van der Waals surface area contributed by atoms with Crippen LogP contribution in [0, 0.1) is 0 Å². The van der Waals surface area contributed by atoms with Gasteiger partial charge in [-0.25, -0.2) is 4.79 Å². The van der Waals surface area contributed by atoms with E-state index >= 15 is 0 Å². The Kier molecular flexibility index (Phi) is 5.04. The zero-order valence-electron chi connectivity index (χ0n) is 9.19. The van der Waals surface area contributed by atoms with E-state index in [4.69, 9.17) is 10.2 Å². The second kappa shape index (κ2) is 6.32. The number of carboxylic acid groups (broad SMARTS) is 1. The maximum absolute atomic E-state index is 11.7. The van der Waals surface area contributed by atoms with Gasteiger partial charge in [0.05, 0.1) is 13.0 Å². The average molecular weight is 230 g/mol. The Hall–Kier alpha value is -1.30. The third kappa shape index (κ3) is 3.69. The lowest BCUT2D eigenvalue weighted by molar-refractivity contribution is -0.136. The summed E-state index contributed by atoms with van der Waals surface area (Å²) in [4.78, 5) is 23.5. The lowest BCUT2D eigenvalue weighted by Crippen LogP contribution is -2.50. The zero-order chi connectivity index (χ0) is 12.0. The number of carbonyl (C=O) groups is 2. The van der Waals surface area contributed by atoms with E-state index in [-0.39, 0.29) is 31.6 Å². The highest BCUT2D eigenvalue weighted by Crippen LogP contribution is 2.24. The predicted octanol–water partition coefficient (Wildman–Crippen LogP) is 0.0175. The topological polar surface area (TPSA) is 89.9 Å². The van der Waals surface area contributed by atoms with E-state index in [2.05, 4.69) is 5.32 Å². The molecule has 1 saturated carbocycles. The van der Waals surface area contributed by atoms with Crippen LogP contribution in [0.3, 0.4) is 0 Å². The normalized spacial score (nSPS) is 15.3.